The first-order valence-electron chi connectivity index (χ1n) is 11.9. The van der Waals surface area contributed by atoms with Crippen LogP contribution in [0.25, 0.3) is 5.69 Å². The summed E-state index contributed by atoms with van der Waals surface area (Å²) >= 11 is 0. The van der Waals surface area contributed by atoms with Crippen LogP contribution < -0.4 is 15.4 Å². The number of nitrogens with one attached hydrogen (secondary N) is 2. The monoisotopic (exact) mass is 481 g/mol. The average molecular weight is 482 g/mol. The molecule has 0 saturated carbocycles. The second kappa shape index (κ2) is 9.11. The number of hydrogen-bond acceptors (Lipinski definition) is 7. The molecule has 1 aromatic carbocycles. The number of benzene rings is 1. The number of rotatable bonds is 6. The summed E-state index contributed by atoms with van der Waals surface area (Å²) in [5, 5.41) is 11.1. The molecule has 8 nitrogen and oxygen atoms in total. The Bertz CT molecular complexity index is 1200. The number of hydrogen-bond donors (Lipinski definition) is 2. The highest BCUT2D eigenvalue weighted by Crippen LogP contribution is 2.38. The molecule has 0 bridgehead atoms. The molecule has 1 aliphatic rings. The van der Waals surface area contributed by atoms with E-state index in [0.29, 0.717) is 11.7 Å². The van der Waals surface area contributed by atoms with Gasteiger partial charge in [-0.25, -0.2) is 14.1 Å². The Hall–Kier alpha value is -3.20. The Kier molecular flexibility index (Phi) is 6.48. The molecule has 2 aromatic heterocycles. The summed E-state index contributed by atoms with van der Waals surface area (Å²) in [5.41, 5.74) is 3.47. The van der Waals surface area contributed by atoms with Gasteiger partial charge in [-0.3, -0.25) is 4.90 Å². The van der Waals surface area contributed by atoms with Gasteiger partial charge < -0.3 is 15.4 Å². The third-order valence-corrected chi connectivity index (χ3v) is 7.07. The lowest BCUT2D eigenvalue weighted by atomic mass is 9.77. The molecule has 1 saturated heterocycles. The summed E-state index contributed by atoms with van der Waals surface area (Å²) < 4.78 is 22.1. The molecule has 1 aliphatic heterocycles. The molecule has 0 radical (unpaired) electrons. The van der Waals surface area contributed by atoms with E-state index in [1.54, 1.807) is 7.11 Å². The summed E-state index contributed by atoms with van der Waals surface area (Å²) in [6.45, 7) is 12.8. The summed E-state index contributed by atoms with van der Waals surface area (Å²) in [4.78, 5) is 11.0. The molecule has 0 atom stereocenters. The zero-order valence-corrected chi connectivity index (χ0v) is 21.9. The highest BCUT2D eigenvalue weighted by Gasteiger charge is 2.43. The molecular weight excluding hydrogens is 445 g/mol. The number of nitrogens with zero attached hydrogens (tertiary/aromatic N) is 5. The maximum absolute atomic E-state index is 14.7. The van der Waals surface area contributed by atoms with Crippen molar-refractivity contribution in [1.29, 1.82) is 0 Å². The van der Waals surface area contributed by atoms with Crippen molar-refractivity contribution in [1.82, 2.24) is 24.6 Å². The summed E-state index contributed by atoms with van der Waals surface area (Å²) in [7, 11) is 3.77. The van der Waals surface area contributed by atoms with Crippen molar-refractivity contribution in [3.05, 3.63) is 47.7 Å². The van der Waals surface area contributed by atoms with Gasteiger partial charge in [0.1, 0.15) is 11.4 Å². The fraction of sp³-hybridized carbons (Fsp3) is 0.500. The van der Waals surface area contributed by atoms with Crippen LogP contribution in [0.3, 0.4) is 0 Å². The van der Waals surface area contributed by atoms with E-state index in [4.69, 9.17) is 4.74 Å². The first-order valence-corrected chi connectivity index (χ1v) is 11.9. The standard InChI is InChI=1S/C26H36FN7O/c1-16-11-17(2)34(32-16)21-10-9-18(12-22(21)35-8)30-24-28-15-20(27)23(31-24)29-19-13-25(3,4)33(7)26(5,6)14-19/h9-12,15,19H,13-14H2,1-8H3,(H2,28,29,30,31). The molecule has 3 aromatic rings. The lowest BCUT2D eigenvalue weighted by Gasteiger charge is -2.53. The fourth-order valence-electron chi connectivity index (χ4n) is 5.13. The van der Waals surface area contributed by atoms with Crippen LogP contribution in [-0.4, -0.2) is 55.9 Å². The minimum Gasteiger partial charge on any atom is -0.494 e. The third-order valence-electron chi connectivity index (χ3n) is 7.07. The van der Waals surface area contributed by atoms with Crippen molar-refractivity contribution in [2.24, 2.45) is 0 Å². The number of likely N-dealkylation sites (tertiary alicyclic amines) is 1. The van der Waals surface area contributed by atoms with Crippen molar-refractivity contribution >= 4 is 17.5 Å². The van der Waals surface area contributed by atoms with Crippen LogP contribution in [0.4, 0.5) is 21.8 Å². The van der Waals surface area contributed by atoms with E-state index in [1.807, 2.05) is 42.8 Å². The van der Waals surface area contributed by atoms with Gasteiger partial charge in [0, 0.05) is 34.6 Å². The molecule has 0 aliphatic carbocycles. The van der Waals surface area contributed by atoms with E-state index in [0.717, 1.165) is 35.6 Å². The number of piperidine rings is 1. The van der Waals surface area contributed by atoms with Gasteiger partial charge >= 0.3 is 0 Å². The zero-order chi connectivity index (χ0) is 25.5. The van der Waals surface area contributed by atoms with Crippen LogP contribution in [-0.2, 0) is 0 Å². The van der Waals surface area contributed by atoms with Gasteiger partial charge in [0.25, 0.3) is 0 Å². The fourth-order valence-corrected chi connectivity index (χ4v) is 5.13. The molecule has 0 spiro atoms. The number of aryl methyl sites for hydroxylation is 2. The van der Waals surface area contributed by atoms with Gasteiger partial charge in [0.05, 0.1) is 19.0 Å². The lowest BCUT2D eigenvalue weighted by Crippen LogP contribution is -2.61. The number of anilines is 3. The quantitative estimate of drug-likeness (QED) is 0.499. The molecule has 0 amide bonds. The SMILES string of the molecule is COc1cc(Nc2ncc(F)c(NC3CC(C)(C)N(C)C(C)(C)C3)n2)ccc1-n1nc(C)cc1C. The van der Waals surface area contributed by atoms with Crippen molar-refractivity contribution in [2.75, 3.05) is 24.8 Å². The van der Waals surface area contributed by atoms with E-state index in [9.17, 15) is 4.39 Å². The topological polar surface area (TPSA) is 80.1 Å². The average Bonchev–Trinajstić information content (AvgIpc) is 3.11. The highest BCUT2D eigenvalue weighted by molar-refractivity contribution is 5.62. The van der Waals surface area contributed by atoms with E-state index in [1.165, 1.54) is 6.20 Å². The van der Waals surface area contributed by atoms with E-state index in [-0.39, 0.29) is 22.9 Å². The van der Waals surface area contributed by atoms with E-state index < -0.39 is 5.82 Å². The first kappa shape index (κ1) is 24.9. The number of halogens is 1. The van der Waals surface area contributed by atoms with Crippen molar-refractivity contribution in [3.63, 3.8) is 0 Å². The Morgan fingerprint density at radius 3 is 2.37 bits per heavy atom. The normalized spacial score (nSPS) is 17.9. The van der Waals surface area contributed by atoms with Crippen molar-refractivity contribution in [2.45, 2.75) is 71.5 Å². The Labute approximate surface area is 206 Å². The minimum absolute atomic E-state index is 0.0201. The molecular formula is C26H36FN7O. The van der Waals surface area contributed by atoms with Crippen LogP contribution >= 0.6 is 0 Å². The lowest BCUT2D eigenvalue weighted by molar-refractivity contribution is -0.00778. The van der Waals surface area contributed by atoms with Crippen molar-refractivity contribution < 1.29 is 9.13 Å². The number of ether oxygens (including phenoxy) is 1. The highest BCUT2D eigenvalue weighted by atomic mass is 19.1. The maximum Gasteiger partial charge on any atom is 0.229 e. The Morgan fingerprint density at radius 2 is 1.77 bits per heavy atom. The minimum atomic E-state index is -0.470. The van der Waals surface area contributed by atoms with Crippen LogP contribution in [0.15, 0.2) is 30.5 Å². The molecule has 2 N–H and O–H groups in total. The van der Waals surface area contributed by atoms with E-state index in [2.05, 4.69) is 65.3 Å². The third kappa shape index (κ3) is 5.10. The zero-order valence-electron chi connectivity index (χ0n) is 21.9. The Morgan fingerprint density at radius 1 is 1.09 bits per heavy atom. The summed E-state index contributed by atoms with van der Waals surface area (Å²) in [5.74, 6) is 0.691. The maximum atomic E-state index is 14.7. The number of methoxy groups -OCH3 is 1. The van der Waals surface area contributed by atoms with Gasteiger partial charge in [-0.15, -0.1) is 0 Å². The van der Waals surface area contributed by atoms with Crippen molar-refractivity contribution in [3.8, 4) is 11.4 Å². The number of aromatic nitrogens is 4. The van der Waals surface area contributed by atoms with Crippen LogP contribution in [0.5, 0.6) is 5.75 Å². The van der Waals surface area contributed by atoms with Gasteiger partial charge in [-0.2, -0.15) is 10.1 Å². The summed E-state index contributed by atoms with van der Waals surface area (Å²) in [6.07, 6.45) is 2.96. The largest absolute Gasteiger partial charge is 0.494 e. The molecule has 3 heterocycles. The molecule has 1 fully saturated rings. The van der Waals surface area contributed by atoms with Gasteiger partial charge in [0.15, 0.2) is 11.6 Å². The van der Waals surface area contributed by atoms with Gasteiger partial charge in [-0.05, 0) is 79.6 Å². The molecule has 4 rings (SSSR count). The smallest absolute Gasteiger partial charge is 0.229 e. The van der Waals surface area contributed by atoms with Gasteiger partial charge in [0.2, 0.25) is 5.95 Å². The Balaban J connectivity index is 1.55. The van der Waals surface area contributed by atoms with Gasteiger partial charge in [-0.1, -0.05) is 0 Å². The molecule has 35 heavy (non-hydrogen) atoms. The van der Waals surface area contributed by atoms with Crippen LogP contribution in [0, 0.1) is 19.7 Å². The first-order chi connectivity index (χ1) is 16.4. The second-order valence-electron chi connectivity index (χ2n) is 10.7. The molecule has 9 heteroatoms. The second-order valence-corrected chi connectivity index (χ2v) is 10.7. The van der Waals surface area contributed by atoms with Crippen LogP contribution in [0.1, 0.15) is 51.9 Å². The molecule has 0 unspecified atom stereocenters. The molecule has 188 valence electrons. The predicted molar refractivity (Wildman–Crippen MR) is 137 cm³/mol. The predicted octanol–water partition coefficient (Wildman–Crippen LogP) is 5.23. The van der Waals surface area contributed by atoms with Crippen LogP contribution in [0.2, 0.25) is 0 Å². The van der Waals surface area contributed by atoms with E-state index >= 15 is 0 Å². The summed E-state index contributed by atoms with van der Waals surface area (Å²) in [6, 6.07) is 7.78.